The fourth-order valence-electron chi connectivity index (χ4n) is 3.04. The Bertz CT molecular complexity index is 435. The predicted molar refractivity (Wildman–Crippen MR) is 83.6 cm³/mol. The van der Waals surface area contributed by atoms with Gasteiger partial charge in [0.1, 0.15) is 0 Å². The van der Waals surface area contributed by atoms with Crippen molar-refractivity contribution in [2.24, 2.45) is 10.4 Å². The number of rotatable bonds is 2. The van der Waals surface area contributed by atoms with Gasteiger partial charge in [-0.05, 0) is 23.8 Å². The van der Waals surface area contributed by atoms with E-state index in [0.717, 1.165) is 18.3 Å². The maximum absolute atomic E-state index is 4.79. The lowest BCUT2D eigenvalue weighted by atomic mass is 9.75. The normalized spacial score (nSPS) is 22.0. The van der Waals surface area contributed by atoms with Gasteiger partial charge >= 0.3 is 0 Å². The summed E-state index contributed by atoms with van der Waals surface area (Å²) in [7, 11) is 0. The molecule has 1 heterocycles. The number of nitrogens with zero attached hydrogens (tertiary/aromatic N) is 1. The predicted octanol–water partition coefficient (Wildman–Crippen LogP) is 3.83. The average Bonchev–Trinajstić information content (AvgIpc) is 2.49. The molecular formula is C16H22N2S. The van der Waals surface area contributed by atoms with Gasteiger partial charge in [0.15, 0.2) is 5.17 Å². The van der Waals surface area contributed by atoms with Crippen LogP contribution in [0.25, 0.3) is 0 Å². The maximum atomic E-state index is 4.79. The van der Waals surface area contributed by atoms with E-state index in [9.17, 15) is 0 Å². The number of benzene rings is 1. The third-order valence-corrected chi connectivity index (χ3v) is 5.58. The number of hydrogen-bond acceptors (Lipinski definition) is 3. The first kappa shape index (κ1) is 13.0. The molecule has 0 aromatic heterocycles. The van der Waals surface area contributed by atoms with Crippen molar-refractivity contribution in [1.29, 1.82) is 0 Å². The quantitative estimate of drug-likeness (QED) is 0.886. The van der Waals surface area contributed by atoms with Crippen molar-refractivity contribution in [3.8, 4) is 0 Å². The summed E-state index contributed by atoms with van der Waals surface area (Å²) in [6, 6.07) is 10.5. The molecule has 1 N–H and O–H groups in total. The van der Waals surface area contributed by atoms with Gasteiger partial charge in [0, 0.05) is 18.8 Å². The number of nitrogens with one attached hydrogen (secondary N) is 1. The van der Waals surface area contributed by atoms with Gasteiger partial charge in [0.2, 0.25) is 0 Å². The molecule has 2 aliphatic rings. The Morgan fingerprint density at radius 2 is 1.89 bits per heavy atom. The summed E-state index contributed by atoms with van der Waals surface area (Å²) in [4.78, 5) is 4.79. The summed E-state index contributed by atoms with van der Waals surface area (Å²) in [6.45, 7) is 1.93. The van der Waals surface area contributed by atoms with E-state index in [2.05, 4.69) is 35.6 Å². The zero-order valence-electron chi connectivity index (χ0n) is 11.4. The molecule has 1 spiro atoms. The molecule has 0 atom stereocenters. The van der Waals surface area contributed by atoms with Gasteiger partial charge in [-0.3, -0.25) is 4.99 Å². The molecule has 1 aliphatic heterocycles. The van der Waals surface area contributed by atoms with Crippen molar-refractivity contribution in [1.82, 2.24) is 5.32 Å². The molecular weight excluding hydrogens is 252 g/mol. The lowest BCUT2D eigenvalue weighted by Gasteiger charge is -2.38. The van der Waals surface area contributed by atoms with Crippen LogP contribution in [0.4, 0.5) is 0 Å². The summed E-state index contributed by atoms with van der Waals surface area (Å²) < 4.78 is 0. The van der Waals surface area contributed by atoms with Crippen LogP contribution in [-0.4, -0.2) is 17.5 Å². The van der Waals surface area contributed by atoms with Crippen LogP contribution in [-0.2, 0) is 6.54 Å². The monoisotopic (exact) mass is 274 g/mol. The molecule has 1 aliphatic carbocycles. The Kier molecular flexibility index (Phi) is 4.12. The van der Waals surface area contributed by atoms with Gasteiger partial charge in [-0.2, -0.15) is 0 Å². The van der Waals surface area contributed by atoms with E-state index in [1.54, 1.807) is 0 Å². The van der Waals surface area contributed by atoms with Crippen molar-refractivity contribution in [3.05, 3.63) is 35.9 Å². The molecule has 0 bridgehead atoms. The fraction of sp³-hybridized carbons (Fsp3) is 0.562. The van der Waals surface area contributed by atoms with Crippen LogP contribution in [0.3, 0.4) is 0 Å². The summed E-state index contributed by atoms with van der Waals surface area (Å²) >= 11 is 1.93. The van der Waals surface area contributed by atoms with Gasteiger partial charge in [0.25, 0.3) is 0 Å². The number of aliphatic imine (C=N–C) groups is 1. The SMILES string of the molecule is c1ccc(CNC2=NCC3(CCCCC3)CS2)cc1. The van der Waals surface area contributed by atoms with E-state index in [1.807, 2.05) is 11.8 Å². The fourth-order valence-corrected chi connectivity index (χ4v) is 4.19. The molecule has 1 aromatic carbocycles. The van der Waals surface area contributed by atoms with Gasteiger partial charge in [-0.25, -0.2) is 0 Å². The minimum Gasteiger partial charge on any atom is -0.361 e. The van der Waals surface area contributed by atoms with Gasteiger partial charge in [-0.15, -0.1) is 0 Å². The van der Waals surface area contributed by atoms with Gasteiger partial charge in [-0.1, -0.05) is 61.4 Å². The largest absolute Gasteiger partial charge is 0.361 e. The summed E-state index contributed by atoms with van der Waals surface area (Å²) in [5.41, 5.74) is 1.85. The van der Waals surface area contributed by atoms with Crippen LogP contribution in [0.15, 0.2) is 35.3 Å². The zero-order valence-corrected chi connectivity index (χ0v) is 12.2. The third-order valence-electron chi connectivity index (χ3n) is 4.27. The van der Waals surface area contributed by atoms with Crippen molar-refractivity contribution in [2.45, 2.75) is 38.6 Å². The van der Waals surface area contributed by atoms with Gasteiger partial charge in [0.05, 0.1) is 0 Å². The van der Waals surface area contributed by atoms with Crippen molar-refractivity contribution in [2.75, 3.05) is 12.3 Å². The minimum atomic E-state index is 0.529. The molecule has 1 saturated carbocycles. The highest BCUT2D eigenvalue weighted by atomic mass is 32.2. The minimum absolute atomic E-state index is 0.529. The molecule has 0 amide bonds. The van der Waals surface area contributed by atoms with Crippen LogP contribution in [0.1, 0.15) is 37.7 Å². The lowest BCUT2D eigenvalue weighted by molar-refractivity contribution is 0.232. The topological polar surface area (TPSA) is 24.4 Å². The molecule has 0 unspecified atom stereocenters. The maximum Gasteiger partial charge on any atom is 0.156 e. The number of amidine groups is 1. The Morgan fingerprint density at radius 1 is 1.11 bits per heavy atom. The molecule has 1 fully saturated rings. The standard InChI is InChI=1S/C16H22N2S/c1-3-7-14(8-4-1)11-17-15-18-12-16(13-19-15)9-5-2-6-10-16/h1,3-4,7-8H,2,5-6,9-13H2,(H,17,18). The second-order valence-corrected chi connectivity index (χ2v) is 6.77. The van der Waals surface area contributed by atoms with E-state index in [4.69, 9.17) is 4.99 Å². The Balaban J connectivity index is 1.53. The van der Waals surface area contributed by atoms with Crippen LogP contribution < -0.4 is 5.32 Å². The summed E-state index contributed by atoms with van der Waals surface area (Å²) in [6.07, 6.45) is 7.01. The zero-order chi connectivity index (χ0) is 13.0. The molecule has 19 heavy (non-hydrogen) atoms. The molecule has 2 nitrogen and oxygen atoms in total. The Labute approximate surface area is 120 Å². The first-order chi connectivity index (χ1) is 9.36. The molecule has 102 valence electrons. The smallest absolute Gasteiger partial charge is 0.156 e. The van der Waals surface area contributed by atoms with Crippen LogP contribution in [0, 0.1) is 5.41 Å². The molecule has 0 radical (unpaired) electrons. The second-order valence-electron chi connectivity index (χ2n) is 5.81. The number of thioether (sulfide) groups is 1. The third kappa shape index (κ3) is 3.33. The molecule has 1 aromatic rings. The highest BCUT2D eigenvalue weighted by molar-refractivity contribution is 8.13. The van der Waals surface area contributed by atoms with E-state index < -0.39 is 0 Å². The average molecular weight is 274 g/mol. The first-order valence-corrected chi connectivity index (χ1v) is 8.30. The molecule has 0 saturated heterocycles. The van der Waals surface area contributed by atoms with Crippen molar-refractivity contribution >= 4 is 16.9 Å². The molecule has 3 heteroatoms. The van der Waals surface area contributed by atoms with E-state index in [-0.39, 0.29) is 0 Å². The van der Waals surface area contributed by atoms with Crippen LogP contribution in [0.2, 0.25) is 0 Å². The van der Waals surface area contributed by atoms with Gasteiger partial charge < -0.3 is 5.32 Å². The Morgan fingerprint density at radius 3 is 2.58 bits per heavy atom. The second kappa shape index (κ2) is 6.00. The highest BCUT2D eigenvalue weighted by Crippen LogP contribution is 2.41. The van der Waals surface area contributed by atoms with E-state index >= 15 is 0 Å². The van der Waals surface area contributed by atoms with Crippen molar-refractivity contribution in [3.63, 3.8) is 0 Å². The van der Waals surface area contributed by atoms with E-state index in [1.165, 1.54) is 43.4 Å². The van der Waals surface area contributed by atoms with E-state index in [0.29, 0.717) is 5.41 Å². The number of hydrogen-bond donors (Lipinski definition) is 1. The highest BCUT2D eigenvalue weighted by Gasteiger charge is 2.34. The summed E-state index contributed by atoms with van der Waals surface area (Å²) in [5.74, 6) is 1.26. The van der Waals surface area contributed by atoms with Crippen molar-refractivity contribution < 1.29 is 0 Å². The first-order valence-electron chi connectivity index (χ1n) is 7.31. The summed E-state index contributed by atoms with van der Waals surface area (Å²) in [5, 5.41) is 4.61. The molecule has 3 rings (SSSR count). The Hall–Kier alpha value is -0.960. The van der Waals surface area contributed by atoms with Crippen LogP contribution >= 0.6 is 11.8 Å². The lowest BCUT2D eigenvalue weighted by Crippen LogP contribution is -2.36. The van der Waals surface area contributed by atoms with Crippen LogP contribution in [0.5, 0.6) is 0 Å².